The Hall–Kier alpha value is -1.81. The molecule has 1 heterocycles. The highest BCUT2D eigenvalue weighted by Crippen LogP contribution is 2.39. The van der Waals surface area contributed by atoms with Gasteiger partial charge in [0, 0.05) is 15.4 Å². The lowest BCUT2D eigenvalue weighted by Gasteiger charge is -2.09. The quantitative estimate of drug-likeness (QED) is 0.342. The Kier molecular flexibility index (Phi) is 5.03. The van der Waals surface area contributed by atoms with E-state index in [9.17, 15) is 0 Å². The Morgan fingerprint density at radius 1 is 0.962 bits per heavy atom. The molecule has 0 saturated carbocycles. The van der Waals surface area contributed by atoms with Crippen molar-refractivity contribution in [3.05, 3.63) is 69.7 Å². The lowest BCUT2D eigenvalue weighted by Crippen LogP contribution is -1.99. The summed E-state index contributed by atoms with van der Waals surface area (Å²) in [7, 11) is 0. The van der Waals surface area contributed by atoms with Crippen molar-refractivity contribution in [2.75, 3.05) is 6.54 Å². The van der Waals surface area contributed by atoms with Gasteiger partial charge in [-0.3, -0.25) is 0 Å². The van der Waals surface area contributed by atoms with E-state index >= 15 is 0 Å². The topological polar surface area (TPSA) is 41.8 Å². The summed E-state index contributed by atoms with van der Waals surface area (Å²) < 4.78 is 0.999. The van der Waals surface area contributed by atoms with Crippen molar-refractivity contribution < 1.29 is 0 Å². The summed E-state index contributed by atoms with van der Waals surface area (Å²) in [6.07, 6.45) is 3.05. The largest absolute Gasteiger partial charge is 0.353 e. The number of nitrogens with two attached hydrogens (primary N) is 1. The van der Waals surface area contributed by atoms with E-state index in [0.717, 1.165) is 46.5 Å². The summed E-state index contributed by atoms with van der Waals surface area (Å²) in [4.78, 5) is 3.61. The predicted octanol–water partition coefficient (Wildman–Crippen LogP) is 6.69. The molecule has 4 rings (SSSR count). The van der Waals surface area contributed by atoms with E-state index in [1.165, 1.54) is 27.3 Å². The van der Waals surface area contributed by atoms with Gasteiger partial charge in [0.05, 0.1) is 16.2 Å². The summed E-state index contributed by atoms with van der Waals surface area (Å²) in [5.74, 6) is 0. The molecule has 0 aliphatic heterocycles. The first-order chi connectivity index (χ1) is 12.7. The molecule has 0 fully saturated rings. The van der Waals surface area contributed by atoms with Crippen molar-refractivity contribution in [1.29, 1.82) is 0 Å². The molecule has 0 amide bonds. The molecular formula is C22H20BrClN2. The molecular weight excluding hydrogens is 408 g/mol. The van der Waals surface area contributed by atoms with E-state index in [-0.39, 0.29) is 0 Å². The van der Waals surface area contributed by atoms with E-state index in [2.05, 4.69) is 69.4 Å². The highest BCUT2D eigenvalue weighted by Gasteiger charge is 2.17. The number of unbranched alkanes of at least 4 members (excludes halogenated alkanes) is 1. The smallest absolute Gasteiger partial charge is 0.0658 e. The number of aromatic amines is 1. The lowest BCUT2D eigenvalue weighted by atomic mass is 9.96. The second kappa shape index (κ2) is 7.43. The van der Waals surface area contributed by atoms with Gasteiger partial charge in [-0.15, -0.1) is 0 Å². The Balaban J connectivity index is 1.98. The van der Waals surface area contributed by atoms with Crippen LogP contribution in [0.25, 0.3) is 32.9 Å². The van der Waals surface area contributed by atoms with Crippen LogP contribution in [0.15, 0.2) is 59.1 Å². The number of aromatic nitrogens is 1. The van der Waals surface area contributed by atoms with Gasteiger partial charge in [-0.05, 0) is 54.3 Å². The fraction of sp³-hybridized carbons (Fsp3) is 0.182. The highest BCUT2D eigenvalue weighted by atomic mass is 79.9. The van der Waals surface area contributed by atoms with Gasteiger partial charge in [-0.2, -0.15) is 0 Å². The zero-order valence-corrected chi connectivity index (χ0v) is 16.7. The van der Waals surface area contributed by atoms with E-state index in [0.29, 0.717) is 0 Å². The number of halogens is 2. The highest BCUT2D eigenvalue weighted by molar-refractivity contribution is 9.10. The normalized spacial score (nSPS) is 11.5. The van der Waals surface area contributed by atoms with Crippen LogP contribution in [0.2, 0.25) is 5.02 Å². The SMILES string of the molecule is NCCCCc1c(-c2cccc3ccccc23)[nH]c2c(Cl)cc(Br)cc12. The minimum Gasteiger partial charge on any atom is -0.353 e. The third-order valence-corrected chi connectivity index (χ3v) is 5.63. The van der Waals surface area contributed by atoms with Gasteiger partial charge in [0.2, 0.25) is 0 Å². The van der Waals surface area contributed by atoms with E-state index in [1.54, 1.807) is 0 Å². The lowest BCUT2D eigenvalue weighted by molar-refractivity contribution is 0.748. The van der Waals surface area contributed by atoms with Crippen molar-refractivity contribution in [2.45, 2.75) is 19.3 Å². The zero-order chi connectivity index (χ0) is 18.1. The molecule has 3 aromatic carbocycles. The van der Waals surface area contributed by atoms with Crippen LogP contribution >= 0.6 is 27.5 Å². The first-order valence-electron chi connectivity index (χ1n) is 8.87. The minimum absolute atomic E-state index is 0.719. The molecule has 0 spiro atoms. The molecule has 0 atom stereocenters. The number of aryl methyl sites for hydroxylation is 1. The molecule has 132 valence electrons. The maximum Gasteiger partial charge on any atom is 0.0658 e. The maximum atomic E-state index is 6.53. The summed E-state index contributed by atoms with van der Waals surface area (Å²) >= 11 is 10.1. The Labute approximate surface area is 166 Å². The van der Waals surface area contributed by atoms with E-state index < -0.39 is 0 Å². The third-order valence-electron chi connectivity index (χ3n) is 4.87. The van der Waals surface area contributed by atoms with Crippen LogP contribution in [0.3, 0.4) is 0 Å². The van der Waals surface area contributed by atoms with Gasteiger partial charge < -0.3 is 10.7 Å². The Morgan fingerprint density at radius 3 is 2.62 bits per heavy atom. The van der Waals surface area contributed by atoms with Crippen molar-refractivity contribution in [1.82, 2.24) is 4.98 Å². The van der Waals surface area contributed by atoms with Crippen LogP contribution < -0.4 is 5.73 Å². The van der Waals surface area contributed by atoms with Crippen molar-refractivity contribution >= 4 is 49.2 Å². The monoisotopic (exact) mass is 426 g/mol. The molecule has 1 aromatic heterocycles. The average Bonchev–Trinajstić information content (AvgIpc) is 3.00. The number of hydrogen-bond acceptors (Lipinski definition) is 1. The number of fused-ring (bicyclic) bond motifs is 2. The van der Waals surface area contributed by atoms with Crippen LogP contribution in [0, 0.1) is 0 Å². The first-order valence-corrected chi connectivity index (χ1v) is 10.0. The number of H-pyrrole nitrogens is 1. The van der Waals surface area contributed by atoms with Crippen molar-refractivity contribution in [3.63, 3.8) is 0 Å². The maximum absolute atomic E-state index is 6.53. The Bertz CT molecular complexity index is 1080. The molecule has 3 N–H and O–H groups in total. The molecule has 0 radical (unpaired) electrons. The second-order valence-electron chi connectivity index (χ2n) is 6.56. The number of nitrogens with one attached hydrogen (secondary N) is 1. The average molecular weight is 428 g/mol. The van der Waals surface area contributed by atoms with Gasteiger partial charge in [0.15, 0.2) is 0 Å². The molecule has 2 nitrogen and oxygen atoms in total. The molecule has 0 unspecified atom stereocenters. The molecule has 0 saturated heterocycles. The van der Waals surface area contributed by atoms with Crippen LogP contribution in [-0.2, 0) is 6.42 Å². The molecule has 0 aliphatic rings. The van der Waals surface area contributed by atoms with E-state index in [4.69, 9.17) is 17.3 Å². The molecule has 4 heteroatoms. The summed E-state index contributed by atoms with van der Waals surface area (Å²) in [5.41, 5.74) is 10.4. The van der Waals surface area contributed by atoms with Crippen molar-refractivity contribution in [3.8, 4) is 11.3 Å². The fourth-order valence-electron chi connectivity index (χ4n) is 3.65. The number of hydrogen-bond donors (Lipinski definition) is 2. The molecule has 0 aliphatic carbocycles. The van der Waals surface area contributed by atoms with Gasteiger partial charge in [-0.1, -0.05) is 70.0 Å². The summed E-state index contributed by atoms with van der Waals surface area (Å²) in [6, 6.07) is 19.0. The predicted molar refractivity (Wildman–Crippen MR) is 116 cm³/mol. The van der Waals surface area contributed by atoms with Gasteiger partial charge in [0.25, 0.3) is 0 Å². The van der Waals surface area contributed by atoms with Gasteiger partial charge >= 0.3 is 0 Å². The molecule has 4 aromatic rings. The van der Waals surface area contributed by atoms with Gasteiger partial charge in [-0.25, -0.2) is 0 Å². The Morgan fingerprint density at radius 2 is 1.77 bits per heavy atom. The van der Waals surface area contributed by atoms with E-state index in [1.807, 2.05) is 6.07 Å². The summed E-state index contributed by atoms with van der Waals surface area (Å²) in [6.45, 7) is 0.719. The third kappa shape index (κ3) is 3.16. The van der Waals surface area contributed by atoms with Crippen LogP contribution in [0.4, 0.5) is 0 Å². The van der Waals surface area contributed by atoms with Crippen molar-refractivity contribution in [2.24, 2.45) is 5.73 Å². The molecule has 0 bridgehead atoms. The zero-order valence-electron chi connectivity index (χ0n) is 14.4. The van der Waals surface area contributed by atoms with Gasteiger partial charge in [0.1, 0.15) is 0 Å². The van der Waals surface area contributed by atoms with Crippen LogP contribution in [0.1, 0.15) is 18.4 Å². The molecule has 26 heavy (non-hydrogen) atoms. The standard InChI is InChI=1S/C22H20BrClN2/c23-15-12-19-18(9-3-4-11-25)21(26-22(19)20(24)13-15)17-10-5-7-14-6-1-2-8-16(14)17/h1-2,5-8,10,12-13,26H,3-4,9,11,25H2. The number of rotatable bonds is 5. The fourth-order valence-corrected chi connectivity index (χ4v) is 4.51. The minimum atomic E-state index is 0.719. The number of benzene rings is 3. The van der Waals surface area contributed by atoms with Crippen LogP contribution in [-0.4, -0.2) is 11.5 Å². The second-order valence-corrected chi connectivity index (χ2v) is 7.88. The first kappa shape index (κ1) is 17.6. The van der Waals surface area contributed by atoms with Crippen LogP contribution in [0.5, 0.6) is 0 Å². The summed E-state index contributed by atoms with van der Waals surface area (Å²) in [5, 5.41) is 4.41.